The van der Waals surface area contributed by atoms with E-state index in [1.807, 2.05) is 0 Å². The standard InChI is InChI=1S/C12H16N2O3S/c1-7-4-13-10(8(2)12(7)14(16)17)3-9-5-18-6-11(9)15/h4,9,11,15H,3,5-6H2,1-2H3. The van der Waals surface area contributed by atoms with Gasteiger partial charge in [0, 0.05) is 29.0 Å². The molecule has 98 valence electrons. The average Bonchev–Trinajstić information content (AvgIpc) is 2.68. The van der Waals surface area contributed by atoms with E-state index in [2.05, 4.69) is 4.98 Å². The number of aromatic nitrogens is 1. The first kappa shape index (κ1) is 13.3. The zero-order chi connectivity index (χ0) is 13.3. The van der Waals surface area contributed by atoms with Crippen LogP contribution < -0.4 is 0 Å². The molecule has 0 aromatic carbocycles. The Balaban J connectivity index is 2.29. The van der Waals surface area contributed by atoms with Crippen molar-refractivity contribution in [3.8, 4) is 0 Å². The lowest BCUT2D eigenvalue weighted by Gasteiger charge is -2.14. The summed E-state index contributed by atoms with van der Waals surface area (Å²) in [6.07, 6.45) is 1.84. The first-order valence-electron chi connectivity index (χ1n) is 5.86. The molecule has 1 N–H and O–H groups in total. The van der Waals surface area contributed by atoms with Crippen LogP contribution in [-0.2, 0) is 6.42 Å². The van der Waals surface area contributed by atoms with Crippen molar-refractivity contribution in [2.45, 2.75) is 26.4 Å². The minimum Gasteiger partial charge on any atom is -0.392 e. The van der Waals surface area contributed by atoms with Gasteiger partial charge in [-0.3, -0.25) is 15.1 Å². The second-order valence-corrected chi connectivity index (χ2v) is 5.76. The highest BCUT2D eigenvalue weighted by Crippen LogP contribution is 2.30. The zero-order valence-corrected chi connectivity index (χ0v) is 11.2. The molecule has 2 rings (SSSR count). The molecular weight excluding hydrogens is 252 g/mol. The van der Waals surface area contributed by atoms with Gasteiger partial charge in [-0.25, -0.2) is 0 Å². The number of thioether (sulfide) groups is 1. The van der Waals surface area contributed by atoms with E-state index in [-0.39, 0.29) is 22.6 Å². The Labute approximate surface area is 110 Å². The van der Waals surface area contributed by atoms with Crippen LogP contribution in [0.3, 0.4) is 0 Å². The summed E-state index contributed by atoms with van der Waals surface area (Å²) in [6.45, 7) is 3.43. The third-order valence-corrected chi connectivity index (χ3v) is 4.62. The van der Waals surface area contributed by atoms with Crippen LogP contribution in [0.1, 0.15) is 16.8 Å². The number of aliphatic hydroxyl groups is 1. The van der Waals surface area contributed by atoms with Crippen LogP contribution in [0, 0.1) is 29.9 Å². The number of pyridine rings is 1. The van der Waals surface area contributed by atoms with Gasteiger partial charge in [0.25, 0.3) is 5.69 Å². The minimum atomic E-state index is -0.352. The van der Waals surface area contributed by atoms with E-state index in [1.165, 1.54) is 0 Å². The Hall–Kier alpha value is -1.14. The highest BCUT2D eigenvalue weighted by atomic mass is 32.2. The molecule has 0 bridgehead atoms. The first-order chi connectivity index (χ1) is 8.50. The zero-order valence-electron chi connectivity index (χ0n) is 10.4. The number of aliphatic hydroxyl groups excluding tert-OH is 1. The van der Waals surface area contributed by atoms with Crippen molar-refractivity contribution in [2.24, 2.45) is 5.92 Å². The Morgan fingerprint density at radius 3 is 2.83 bits per heavy atom. The molecule has 2 unspecified atom stereocenters. The second-order valence-electron chi connectivity index (χ2n) is 4.69. The third-order valence-electron chi connectivity index (χ3n) is 3.38. The molecule has 18 heavy (non-hydrogen) atoms. The fraction of sp³-hybridized carbons (Fsp3) is 0.583. The SMILES string of the molecule is Cc1cnc(CC2CSCC2O)c(C)c1[N+](=O)[O-]. The maximum Gasteiger partial charge on any atom is 0.278 e. The average molecular weight is 268 g/mol. The Bertz CT molecular complexity index is 479. The molecule has 0 saturated carbocycles. The molecule has 0 radical (unpaired) electrons. The molecule has 1 aliphatic heterocycles. The van der Waals surface area contributed by atoms with Crippen molar-refractivity contribution in [3.63, 3.8) is 0 Å². The van der Waals surface area contributed by atoms with Crippen LogP contribution in [-0.4, -0.2) is 32.6 Å². The van der Waals surface area contributed by atoms with Crippen molar-refractivity contribution in [3.05, 3.63) is 33.1 Å². The van der Waals surface area contributed by atoms with Crippen LogP contribution in [0.25, 0.3) is 0 Å². The van der Waals surface area contributed by atoms with Gasteiger partial charge in [0.15, 0.2) is 0 Å². The van der Waals surface area contributed by atoms with Crippen molar-refractivity contribution >= 4 is 17.4 Å². The van der Waals surface area contributed by atoms with Gasteiger partial charge in [0.05, 0.1) is 16.7 Å². The molecule has 2 atom stereocenters. The number of hydrogen-bond acceptors (Lipinski definition) is 5. The number of rotatable bonds is 3. The molecule has 2 heterocycles. The number of hydrogen-bond donors (Lipinski definition) is 1. The molecule has 5 nitrogen and oxygen atoms in total. The normalized spacial score (nSPS) is 23.3. The van der Waals surface area contributed by atoms with Gasteiger partial charge in [-0.2, -0.15) is 11.8 Å². The highest BCUT2D eigenvalue weighted by molar-refractivity contribution is 7.99. The van der Waals surface area contributed by atoms with Gasteiger partial charge in [-0.05, 0) is 26.0 Å². The van der Waals surface area contributed by atoms with E-state index in [0.717, 1.165) is 17.2 Å². The summed E-state index contributed by atoms with van der Waals surface area (Å²) in [4.78, 5) is 15.0. The molecule has 0 amide bonds. The Morgan fingerprint density at radius 1 is 1.56 bits per heavy atom. The van der Waals surface area contributed by atoms with E-state index in [0.29, 0.717) is 17.5 Å². The van der Waals surface area contributed by atoms with Crippen LogP contribution in [0.5, 0.6) is 0 Å². The summed E-state index contributed by atoms with van der Waals surface area (Å²) >= 11 is 1.72. The van der Waals surface area contributed by atoms with Crippen molar-refractivity contribution < 1.29 is 10.0 Å². The molecule has 1 aliphatic rings. The lowest BCUT2D eigenvalue weighted by molar-refractivity contribution is -0.386. The second kappa shape index (κ2) is 5.24. The molecule has 0 aliphatic carbocycles. The summed E-state index contributed by atoms with van der Waals surface area (Å²) < 4.78 is 0. The van der Waals surface area contributed by atoms with Gasteiger partial charge in [0.1, 0.15) is 0 Å². The van der Waals surface area contributed by atoms with Gasteiger partial charge >= 0.3 is 0 Å². The van der Waals surface area contributed by atoms with E-state index in [4.69, 9.17) is 0 Å². The summed E-state index contributed by atoms with van der Waals surface area (Å²) in [7, 11) is 0. The van der Waals surface area contributed by atoms with Crippen molar-refractivity contribution in [1.82, 2.24) is 4.98 Å². The maximum atomic E-state index is 11.0. The molecule has 6 heteroatoms. The summed E-state index contributed by atoms with van der Waals surface area (Å²) in [5.41, 5.74) is 2.10. The topological polar surface area (TPSA) is 76.3 Å². The van der Waals surface area contributed by atoms with E-state index < -0.39 is 0 Å². The Kier molecular flexibility index (Phi) is 3.87. The molecule has 1 aromatic heterocycles. The lowest BCUT2D eigenvalue weighted by atomic mass is 9.96. The minimum absolute atomic E-state index is 0.153. The molecule has 1 fully saturated rings. The third kappa shape index (κ3) is 2.49. The highest BCUT2D eigenvalue weighted by Gasteiger charge is 2.28. The number of nitrogens with zero attached hydrogens (tertiary/aromatic N) is 2. The van der Waals surface area contributed by atoms with E-state index >= 15 is 0 Å². The molecule has 1 aromatic rings. The van der Waals surface area contributed by atoms with E-state index in [9.17, 15) is 15.2 Å². The number of nitro groups is 1. The van der Waals surface area contributed by atoms with Crippen LogP contribution >= 0.6 is 11.8 Å². The van der Waals surface area contributed by atoms with Gasteiger partial charge in [-0.15, -0.1) is 0 Å². The largest absolute Gasteiger partial charge is 0.392 e. The van der Waals surface area contributed by atoms with Crippen LogP contribution in [0.2, 0.25) is 0 Å². The summed E-state index contributed by atoms with van der Waals surface area (Å²) in [5, 5.41) is 20.8. The van der Waals surface area contributed by atoms with Gasteiger partial charge in [0.2, 0.25) is 0 Å². The maximum absolute atomic E-state index is 11.0. The monoisotopic (exact) mass is 268 g/mol. The fourth-order valence-corrected chi connectivity index (χ4v) is 3.57. The lowest BCUT2D eigenvalue weighted by Crippen LogP contribution is -2.21. The van der Waals surface area contributed by atoms with Crippen molar-refractivity contribution in [1.29, 1.82) is 0 Å². The quantitative estimate of drug-likeness (QED) is 0.669. The predicted molar refractivity (Wildman–Crippen MR) is 70.9 cm³/mol. The van der Waals surface area contributed by atoms with Crippen LogP contribution in [0.4, 0.5) is 5.69 Å². The van der Waals surface area contributed by atoms with Gasteiger partial charge in [-0.1, -0.05) is 0 Å². The summed E-state index contributed by atoms with van der Waals surface area (Å²) in [5.74, 6) is 1.80. The first-order valence-corrected chi connectivity index (χ1v) is 7.01. The van der Waals surface area contributed by atoms with Crippen molar-refractivity contribution in [2.75, 3.05) is 11.5 Å². The van der Waals surface area contributed by atoms with Gasteiger partial charge < -0.3 is 5.11 Å². The molecule has 1 saturated heterocycles. The predicted octanol–water partition coefficient (Wildman–Crippen LogP) is 1.87. The molecular formula is C12H16N2O3S. The Morgan fingerprint density at radius 2 is 2.28 bits per heavy atom. The molecule has 0 spiro atoms. The van der Waals surface area contributed by atoms with Crippen LogP contribution in [0.15, 0.2) is 6.20 Å². The summed E-state index contributed by atoms with van der Waals surface area (Å²) in [6, 6.07) is 0. The number of aryl methyl sites for hydroxylation is 1. The van der Waals surface area contributed by atoms with E-state index in [1.54, 1.807) is 31.8 Å². The smallest absolute Gasteiger partial charge is 0.278 e. The fourth-order valence-electron chi connectivity index (χ4n) is 2.28.